The summed E-state index contributed by atoms with van der Waals surface area (Å²) in [7, 11) is 0. The predicted octanol–water partition coefficient (Wildman–Crippen LogP) is 5.38. The van der Waals surface area contributed by atoms with Gasteiger partial charge in [0.2, 0.25) is 0 Å². The number of halogens is 3. The van der Waals surface area contributed by atoms with Crippen LogP contribution in [0.5, 0.6) is 0 Å². The van der Waals surface area contributed by atoms with E-state index < -0.39 is 22.8 Å². The van der Waals surface area contributed by atoms with Crippen LogP contribution in [0, 0.1) is 6.92 Å². The Labute approximate surface area is 202 Å². The molecular formula is C22H27Cl3N4O3. The van der Waals surface area contributed by atoms with Gasteiger partial charge in [-0.25, -0.2) is 9.78 Å². The molecule has 174 valence electrons. The van der Waals surface area contributed by atoms with Gasteiger partial charge in [0.05, 0.1) is 15.7 Å². The SMILES string of the molecule is Cc1nc(N2CCC(C)(NC(=O)OC(C)(C)C)CC2)c(Cl)c(=O)n1-c1cccc(Cl)c1Cl. The van der Waals surface area contributed by atoms with Crippen molar-refractivity contribution in [1.82, 2.24) is 14.9 Å². The molecule has 2 heterocycles. The van der Waals surface area contributed by atoms with Crippen LogP contribution in [0.25, 0.3) is 5.69 Å². The van der Waals surface area contributed by atoms with Crippen molar-refractivity contribution in [3.63, 3.8) is 0 Å². The van der Waals surface area contributed by atoms with Crippen LogP contribution in [0.3, 0.4) is 0 Å². The van der Waals surface area contributed by atoms with E-state index >= 15 is 0 Å². The molecule has 1 saturated heterocycles. The first kappa shape index (κ1) is 24.7. The lowest BCUT2D eigenvalue weighted by Gasteiger charge is -2.40. The number of nitrogens with one attached hydrogen (secondary N) is 1. The molecule has 0 spiro atoms. The molecule has 0 saturated carbocycles. The first-order chi connectivity index (χ1) is 14.8. The molecule has 32 heavy (non-hydrogen) atoms. The largest absolute Gasteiger partial charge is 0.444 e. The molecular weight excluding hydrogens is 475 g/mol. The third-order valence-electron chi connectivity index (χ3n) is 5.32. The van der Waals surface area contributed by atoms with Gasteiger partial charge < -0.3 is 15.0 Å². The number of piperidine rings is 1. The number of hydrogen-bond donors (Lipinski definition) is 1. The van der Waals surface area contributed by atoms with Gasteiger partial charge in [-0.1, -0.05) is 40.9 Å². The zero-order valence-corrected chi connectivity index (χ0v) is 21.0. The Bertz CT molecular complexity index is 1090. The fraction of sp³-hybridized carbons (Fsp3) is 0.500. The molecule has 7 nitrogen and oxygen atoms in total. The molecule has 0 radical (unpaired) electrons. The van der Waals surface area contributed by atoms with Gasteiger partial charge in [0.1, 0.15) is 16.4 Å². The number of aryl methyl sites for hydroxylation is 1. The summed E-state index contributed by atoms with van der Waals surface area (Å²) in [4.78, 5) is 31.9. The molecule has 1 N–H and O–H groups in total. The van der Waals surface area contributed by atoms with Crippen LogP contribution >= 0.6 is 34.8 Å². The van der Waals surface area contributed by atoms with E-state index in [1.54, 1.807) is 25.1 Å². The molecule has 3 rings (SSSR count). The lowest BCUT2D eigenvalue weighted by atomic mass is 9.90. The van der Waals surface area contributed by atoms with Gasteiger partial charge in [-0.2, -0.15) is 0 Å². The average Bonchev–Trinajstić information content (AvgIpc) is 2.67. The molecule has 0 bridgehead atoms. The zero-order valence-electron chi connectivity index (χ0n) is 18.8. The van der Waals surface area contributed by atoms with Crippen LogP contribution in [0.15, 0.2) is 23.0 Å². The van der Waals surface area contributed by atoms with Crippen LogP contribution in [0.4, 0.5) is 10.6 Å². The Hall–Kier alpha value is -1.96. The number of ether oxygens (including phenoxy) is 1. The second-order valence-electron chi connectivity index (χ2n) is 9.18. The number of benzene rings is 1. The van der Waals surface area contributed by atoms with Crippen molar-refractivity contribution < 1.29 is 9.53 Å². The van der Waals surface area contributed by atoms with Crippen LogP contribution in [-0.4, -0.2) is 39.9 Å². The van der Waals surface area contributed by atoms with Gasteiger partial charge in [-0.05, 0) is 59.6 Å². The fourth-order valence-corrected chi connectivity index (χ4v) is 4.26. The molecule has 0 unspecified atom stereocenters. The number of carbonyl (C=O) groups is 1. The Morgan fingerprint density at radius 3 is 2.38 bits per heavy atom. The Morgan fingerprint density at radius 1 is 1.16 bits per heavy atom. The summed E-state index contributed by atoms with van der Waals surface area (Å²) in [5, 5.41) is 3.57. The van der Waals surface area contributed by atoms with Crippen molar-refractivity contribution in [3.05, 3.63) is 49.4 Å². The Balaban J connectivity index is 1.81. The predicted molar refractivity (Wildman–Crippen MR) is 129 cm³/mol. The molecule has 1 fully saturated rings. The normalized spacial score (nSPS) is 16.1. The van der Waals surface area contributed by atoms with Crippen molar-refractivity contribution in [3.8, 4) is 5.69 Å². The minimum Gasteiger partial charge on any atom is -0.444 e. The maximum absolute atomic E-state index is 13.1. The molecule has 2 aromatic rings. The number of amides is 1. The third kappa shape index (κ3) is 5.33. The minimum atomic E-state index is -0.564. The highest BCUT2D eigenvalue weighted by Crippen LogP contribution is 2.31. The van der Waals surface area contributed by atoms with Crippen molar-refractivity contribution in [2.24, 2.45) is 0 Å². The first-order valence-corrected chi connectivity index (χ1v) is 11.4. The summed E-state index contributed by atoms with van der Waals surface area (Å²) in [5.74, 6) is 0.863. The molecule has 0 aliphatic carbocycles. The minimum absolute atomic E-state index is 0.00958. The maximum Gasteiger partial charge on any atom is 0.408 e. The molecule has 1 amide bonds. The summed E-state index contributed by atoms with van der Waals surface area (Å²) in [6.45, 7) is 10.3. The van der Waals surface area contributed by atoms with Gasteiger partial charge in [0.25, 0.3) is 5.56 Å². The first-order valence-electron chi connectivity index (χ1n) is 10.3. The maximum atomic E-state index is 13.1. The van der Waals surface area contributed by atoms with E-state index in [9.17, 15) is 9.59 Å². The topological polar surface area (TPSA) is 76.5 Å². The van der Waals surface area contributed by atoms with Crippen LogP contribution in [0.1, 0.15) is 46.4 Å². The second-order valence-corrected chi connectivity index (χ2v) is 10.3. The second kappa shape index (κ2) is 9.12. The molecule has 1 aromatic carbocycles. The Kier molecular flexibility index (Phi) is 7.03. The van der Waals surface area contributed by atoms with E-state index in [1.165, 1.54) is 4.57 Å². The summed E-state index contributed by atoms with van der Waals surface area (Å²) in [6.07, 6.45) is 0.848. The van der Waals surface area contributed by atoms with E-state index in [0.717, 1.165) is 0 Å². The van der Waals surface area contributed by atoms with Crippen molar-refractivity contribution in [2.45, 2.75) is 58.6 Å². The number of hydrogen-bond acceptors (Lipinski definition) is 5. The lowest BCUT2D eigenvalue weighted by Crippen LogP contribution is -2.54. The number of carbonyl (C=O) groups excluding carboxylic acids is 1. The van der Waals surface area contributed by atoms with Crippen molar-refractivity contribution in [2.75, 3.05) is 18.0 Å². The monoisotopic (exact) mass is 500 g/mol. The van der Waals surface area contributed by atoms with Crippen LogP contribution in [0.2, 0.25) is 15.1 Å². The van der Waals surface area contributed by atoms with E-state index in [4.69, 9.17) is 39.5 Å². The average molecular weight is 502 g/mol. The van der Waals surface area contributed by atoms with Crippen molar-refractivity contribution in [1.29, 1.82) is 0 Å². The quantitative estimate of drug-likeness (QED) is 0.610. The smallest absolute Gasteiger partial charge is 0.408 e. The molecule has 1 aromatic heterocycles. The highest BCUT2D eigenvalue weighted by molar-refractivity contribution is 6.43. The molecule has 1 aliphatic rings. The number of anilines is 1. The molecule has 1 aliphatic heterocycles. The third-order valence-corrected chi connectivity index (χ3v) is 6.46. The highest BCUT2D eigenvalue weighted by Gasteiger charge is 2.34. The van der Waals surface area contributed by atoms with Gasteiger partial charge in [-0.15, -0.1) is 0 Å². The van der Waals surface area contributed by atoms with E-state index in [0.29, 0.717) is 48.3 Å². The summed E-state index contributed by atoms with van der Waals surface area (Å²) in [6, 6.07) is 5.04. The van der Waals surface area contributed by atoms with E-state index in [2.05, 4.69) is 10.3 Å². The zero-order chi connectivity index (χ0) is 23.8. The number of alkyl carbamates (subject to hydrolysis) is 1. The van der Waals surface area contributed by atoms with E-state index in [1.807, 2.05) is 32.6 Å². The van der Waals surface area contributed by atoms with Gasteiger partial charge >= 0.3 is 6.09 Å². The van der Waals surface area contributed by atoms with Gasteiger partial charge in [0.15, 0.2) is 5.82 Å². The van der Waals surface area contributed by atoms with Crippen LogP contribution < -0.4 is 15.8 Å². The standard InChI is InChI=1S/C22H27Cl3N4O3/c1-13-26-18(17(25)19(30)29(13)15-8-6-7-14(23)16(15)24)28-11-9-22(5,10-12-28)27-20(31)32-21(2,3)4/h6-8H,9-12H2,1-5H3,(H,27,31). The van der Waals surface area contributed by atoms with Gasteiger partial charge in [-0.3, -0.25) is 9.36 Å². The van der Waals surface area contributed by atoms with E-state index in [-0.39, 0.29) is 10.0 Å². The molecule has 10 heteroatoms. The van der Waals surface area contributed by atoms with Crippen LogP contribution in [-0.2, 0) is 4.74 Å². The summed E-state index contributed by atoms with van der Waals surface area (Å²) in [5.41, 5.74) is -0.982. The van der Waals surface area contributed by atoms with Crippen molar-refractivity contribution >= 4 is 46.7 Å². The number of aromatic nitrogens is 2. The lowest BCUT2D eigenvalue weighted by molar-refractivity contribution is 0.0448. The summed E-state index contributed by atoms with van der Waals surface area (Å²) >= 11 is 18.9. The Morgan fingerprint density at radius 2 is 1.78 bits per heavy atom. The fourth-order valence-electron chi connectivity index (χ4n) is 3.64. The van der Waals surface area contributed by atoms with Gasteiger partial charge in [0, 0.05) is 18.6 Å². The number of nitrogens with zero attached hydrogens (tertiary/aromatic N) is 3. The molecule has 0 atom stereocenters. The highest BCUT2D eigenvalue weighted by atomic mass is 35.5. The summed E-state index contributed by atoms with van der Waals surface area (Å²) < 4.78 is 6.74. The number of rotatable bonds is 3.